The van der Waals surface area contributed by atoms with Gasteiger partial charge in [-0.25, -0.2) is 9.78 Å². The van der Waals surface area contributed by atoms with Crippen LogP contribution in [-0.2, 0) is 4.74 Å². The minimum Gasteiger partial charge on any atom is -0.490 e. The molecule has 2 heterocycles. The third-order valence-electron chi connectivity index (χ3n) is 5.29. The highest BCUT2D eigenvalue weighted by molar-refractivity contribution is 5.93. The summed E-state index contributed by atoms with van der Waals surface area (Å²) in [5.74, 6) is 0.794. The number of nitrogens with one attached hydrogen (secondary N) is 2. The van der Waals surface area contributed by atoms with Gasteiger partial charge in [0.1, 0.15) is 29.7 Å². The van der Waals surface area contributed by atoms with Crippen LogP contribution in [0.3, 0.4) is 0 Å². The number of benzene rings is 1. The average Bonchev–Trinajstić information content (AvgIpc) is 3.10. The number of hydrogen-bond acceptors (Lipinski definition) is 5. The molecule has 3 aromatic rings. The summed E-state index contributed by atoms with van der Waals surface area (Å²) in [5, 5.41) is 13.8. The van der Waals surface area contributed by atoms with E-state index in [1.165, 1.54) is 0 Å². The summed E-state index contributed by atoms with van der Waals surface area (Å²) < 4.78 is 11.5. The second-order valence-corrected chi connectivity index (χ2v) is 10.5. The van der Waals surface area contributed by atoms with Crippen LogP contribution in [0.2, 0.25) is 0 Å². The third kappa shape index (κ3) is 6.28. The number of ether oxygens (including phenoxy) is 2. The number of hydrogen-bond donors (Lipinski definition) is 2. The van der Waals surface area contributed by atoms with E-state index in [2.05, 4.69) is 35.2 Å². The largest absolute Gasteiger partial charge is 0.490 e. The van der Waals surface area contributed by atoms with Gasteiger partial charge in [0.05, 0.1) is 11.1 Å². The number of fused-ring (bicyclic) bond motifs is 1. The van der Waals surface area contributed by atoms with Gasteiger partial charge in [-0.15, -0.1) is 0 Å². The van der Waals surface area contributed by atoms with E-state index >= 15 is 0 Å². The van der Waals surface area contributed by atoms with E-state index in [9.17, 15) is 10.1 Å². The number of pyridine rings is 1. The Morgan fingerprint density at radius 2 is 1.94 bits per heavy atom. The van der Waals surface area contributed by atoms with Crippen LogP contribution in [0.15, 0.2) is 36.5 Å². The highest BCUT2D eigenvalue weighted by Gasteiger charge is 2.31. The molecule has 0 saturated carbocycles. The van der Waals surface area contributed by atoms with Crippen molar-refractivity contribution >= 4 is 17.1 Å². The van der Waals surface area contributed by atoms with E-state index in [4.69, 9.17) is 9.47 Å². The molecule has 3 rings (SSSR count). The number of aromatic nitrogens is 2. The van der Waals surface area contributed by atoms with Crippen molar-refractivity contribution in [3.8, 4) is 22.9 Å². The van der Waals surface area contributed by atoms with Gasteiger partial charge in [-0.3, -0.25) is 0 Å². The molecule has 1 atom stereocenters. The lowest BCUT2D eigenvalue weighted by molar-refractivity contribution is 0.0408. The van der Waals surface area contributed by atoms with Crippen molar-refractivity contribution in [2.45, 2.75) is 66.0 Å². The van der Waals surface area contributed by atoms with Gasteiger partial charge >= 0.3 is 6.09 Å². The Labute approximate surface area is 201 Å². The quantitative estimate of drug-likeness (QED) is 0.441. The smallest absolute Gasteiger partial charge is 0.408 e. The SMILES string of the molecule is Cc1cc2c(-c3ccc(OCC(C)(CC(C)C)NC(=O)OC(C)(C)C)c(C#N)c3)ccnc2[nH]1. The molecule has 1 amide bonds. The minimum absolute atomic E-state index is 0.203. The summed E-state index contributed by atoms with van der Waals surface area (Å²) in [7, 11) is 0. The predicted molar refractivity (Wildman–Crippen MR) is 134 cm³/mol. The number of carbonyl (C=O) groups is 1. The van der Waals surface area contributed by atoms with Gasteiger partial charge in [0, 0.05) is 17.3 Å². The average molecular weight is 463 g/mol. The Morgan fingerprint density at radius 3 is 2.59 bits per heavy atom. The standard InChI is InChI=1S/C27H34N4O3/c1-17(2)14-27(7,31-25(32)34-26(4,5)6)16-33-23-9-8-19(13-20(23)15-28)21-10-11-29-24-22(21)12-18(3)30-24/h8-13,17H,14,16H2,1-7H3,(H,29,30)(H,31,32). The number of nitriles is 1. The summed E-state index contributed by atoms with van der Waals surface area (Å²) in [6, 6.07) is 11.8. The van der Waals surface area contributed by atoms with Crippen LogP contribution < -0.4 is 10.1 Å². The van der Waals surface area contributed by atoms with Gasteiger partial charge in [-0.2, -0.15) is 5.26 Å². The number of nitrogens with zero attached hydrogens (tertiary/aromatic N) is 2. The van der Waals surface area contributed by atoms with Gasteiger partial charge in [-0.1, -0.05) is 19.9 Å². The molecule has 0 saturated heterocycles. The first kappa shape index (κ1) is 25.1. The minimum atomic E-state index is -0.665. The maximum absolute atomic E-state index is 12.5. The molecule has 34 heavy (non-hydrogen) atoms. The fraction of sp³-hybridized carbons (Fsp3) is 0.444. The molecule has 7 nitrogen and oxygen atoms in total. The number of amides is 1. The van der Waals surface area contributed by atoms with Crippen LogP contribution in [-0.4, -0.2) is 33.8 Å². The van der Waals surface area contributed by atoms with Crippen LogP contribution in [0.25, 0.3) is 22.2 Å². The second-order valence-electron chi connectivity index (χ2n) is 10.5. The first-order chi connectivity index (χ1) is 15.9. The van der Waals surface area contributed by atoms with Gasteiger partial charge in [0.15, 0.2) is 0 Å². The zero-order chi connectivity index (χ0) is 25.1. The van der Waals surface area contributed by atoms with Crippen molar-refractivity contribution in [2.24, 2.45) is 5.92 Å². The predicted octanol–water partition coefficient (Wildman–Crippen LogP) is 6.12. The van der Waals surface area contributed by atoms with Crippen LogP contribution >= 0.6 is 0 Å². The summed E-state index contributed by atoms with van der Waals surface area (Å²) in [6.45, 7) is 13.8. The molecule has 0 aliphatic rings. The second kappa shape index (κ2) is 9.76. The molecule has 0 fully saturated rings. The van der Waals surface area contributed by atoms with Crippen LogP contribution in [0.5, 0.6) is 5.75 Å². The van der Waals surface area contributed by atoms with Crippen molar-refractivity contribution < 1.29 is 14.3 Å². The number of aromatic amines is 1. The van der Waals surface area contributed by atoms with Crippen LogP contribution in [0.1, 0.15) is 59.2 Å². The first-order valence-electron chi connectivity index (χ1n) is 11.5. The molecule has 7 heteroatoms. The van der Waals surface area contributed by atoms with Crippen LogP contribution in [0, 0.1) is 24.2 Å². The molecule has 1 unspecified atom stereocenters. The van der Waals surface area contributed by atoms with Gasteiger partial charge < -0.3 is 19.8 Å². The molecule has 0 aliphatic carbocycles. The summed E-state index contributed by atoms with van der Waals surface area (Å²) >= 11 is 0. The zero-order valence-corrected chi connectivity index (χ0v) is 21.1. The molecule has 2 aromatic heterocycles. The highest BCUT2D eigenvalue weighted by Crippen LogP contribution is 2.32. The van der Waals surface area contributed by atoms with E-state index in [-0.39, 0.29) is 6.61 Å². The molecule has 2 N–H and O–H groups in total. The fourth-order valence-corrected chi connectivity index (χ4v) is 4.15. The fourth-order valence-electron chi connectivity index (χ4n) is 4.15. The van der Waals surface area contributed by atoms with Gasteiger partial charge in [-0.05, 0) is 82.3 Å². The molecule has 0 radical (unpaired) electrons. The van der Waals surface area contributed by atoms with E-state index < -0.39 is 17.2 Å². The molecule has 1 aromatic carbocycles. The summed E-state index contributed by atoms with van der Waals surface area (Å²) in [5.41, 5.74) is 2.91. The summed E-state index contributed by atoms with van der Waals surface area (Å²) in [6.07, 6.45) is 1.95. The Balaban J connectivity index is 1.83. The summed E-state index contributed by atoms with van der Waals surface area (Å²) in [4.78, 5) is 20.1. The maximum atomic E-state index is 12.5. The zero-order valence-electron chi connectivity index (χ0n) is 21.1. The Morgan fingerprint density at radius 1 is 1.21 bits per heavy atom. The number of aryl methyl sites for hydroxylation is 1. The topological polar surface area (TPSA) is 100 Å². The van der Waals surface area contributed by atoms with Crippen LogP contribution in [0.4, 0.5) is 4.79 Å². The number of H-pyrrole nitrogens is 1. The number of carbonyl (C=O) groups excluding carboxylic acids is 1. The van der Waals surface area contributed by atoms with Gasteiger partial charge in [0.25, 0.3) is 0 Å². The maximum Gasteiger partial charge on any atom is 0.408 e. The van der Waals surface area contributed by atoms with E-state index in [0.717, 1.165) is 27.9 Å². The van der Waals surface area contributed by atoms with Crippen molar-refractivity contribution in [1.29, 1.82) is 5.26 Å². The first-order valence-corrected chi connectivity index (χ1v) is 11.5. The van der Waals surface area contributed by atoms with Crippen molar-refractivity contribution in [3.05, 3.63) is 47.8 Å². The number of alkyl carbamates (subject to hydrolysis) is 1. The third-order valence-corrected chi connectivity index (χ3v) is 5.29. The Hall–Kier alpha value is -3.53. The van der Waals surface area contributed by atoms with E-state index in [0.29, 0.717) is 23.7 Å². The van der Waals surface area contributed by atoms with Crippen molar-refractivity contribution in [1.82, 2.24) is 15.3 Å². The van der Waals surface area contributed by atoms with Gasteiger partial charge in [0.2, 0.25) is 0 Å². The molecular weight excluding hydrogens is 428 g/mol. The molecular formula is C27H34N4O3. The lowest BCUT2D eigenvalue weighted by atomic mass is 9.91. The van der Waals surface area contributed by atoms with E-state index in [1.54, 1.807) is 6.20 Å². The Bertz CT molecular complexity index is 1220. The highest BCUT2D eigenvalue weighted by atomic mass is 16.6. The molecule has 0 bridgehead atoms. The number of rotatable bonds is 7. The molecule has 0 spiro atoms. The van der Waals surface area contributed by atoms with Crippen molar-refractivity contribution in [3.63, 3.8) is 0 Å². The van der Waals surface area contributed by atoms with E-state index in [1.807, 2.05) is 65.0 Å². The van der Waals surface area contributed by atoms with Crippen molar-refractivity contribution in [2.75, 3.05) is 6.61 Å². The Kier molecular flexibility index (Phi) is 7.21. The molecule has 0 aliphatic heterocycles. The lowest BCUT2D eigenvalue weighted by Gasteiger charge is -2.33. The normalized spacial score (nSPS) is 13.4. The monoisotopic (exact) mass is 462 g/mol. The lowest BCUT2D eigenvalue weighted by Crippen LogP contribution is -2.52. The molecule has 180 valence electrons.